The first-order chi connectivity index (χ1) is 20.0. The van der Waals surface area contributed by atoms with E-state index in [-0.39, 0.29) is 23.4 Å². The van der Waals surface area contributed by atoms with Crippen LogP contribution in [0.4, 0.5) is 5.69 Å². The zero-order valence-corrected chi connectivity index (χ0v) is 26.3. The zero-order valence-electron chi connectivity index (χ0n) is 24.8. The first kappa shape index (κ1) is 31.6. The van der Waals surface area contributed by atoms with Gasteiger partial charge < -0.3 is 10.2 Å². The number of carbonyl (C=O) groups excluding carboxylic acids is 2. The van der Waals surface area contributed by atoms with Crippen LogP contribution in [0.25, 0.3) is 0 Å². The zero-order chi connectivity index (χ0) is 30.4. The third-order valence-electron chi connectivity index (χ3n) is 7.80. The Morgan fingerprint density at radius 1 is 0.905 bits per heavy atom. The van der Waals surface area contributed by atoms with E-state index in [1.165, 1.54) is 4.90 Å². The van der Waals surface area contributed by atoms with Gasteiger partial charge >= 0.3 is 0 Å². The number of anilines is 1. The Morgan fingerprint density at radius 2 is 1.52 bits per heavy atom. The summed E-state index contributed by atoms with van der Waals surface area (Å²) in [6, 6.07) is 18.4. The summed E-state index contributed by atoms with van der Waals surface area (Å²) in [5.74, 6) is -0.766. The van der Waals surface area contributed by atoms with Gasteiger partial charge in [0.2, 0.25) is 11.8 Å². The molecule has 3 aromatic carbocycles. The molecule has 2 amide bonds. The summed E-state index contributed by atoms with van der Waals surface area (Å²) in [6.07, 6.45) is 5.09. The SMILES string of the molecule is Cc1ccc(S(=O)(=O)N(CC(=O)N(Cc2ccccc2Cl)C(C)C(=O)NC2CCCCC2)c2cc(C)cc(C)c2)cc1. The first-order valence-electron chi connectivity index (χ1n) is 14.5. The molecule has 0 aliphatic heterocycles. The Hall–Kier alpha value is -3.36. The van der Waals surface area contributed by atoms with Crippen molar-refractivity contribution < 1.29 is 18.0 Å². The van der Waals surface area contributed by atoms with E-state index < -0.39 is 28.5 Å². The highest BCUT2D eigenvalue weighted by Crippen LogP contribution is 2.27. The minimum atomic E-state index is -4.12. The van der Waals surface area contributed by atoms with Gasteiger partial charge in [0.25, 0.3) is 10.0 Å². The van der Waals surface area contributed by atoms with E-state index in [1.54, 1.807) is 61.5 Å². The molecule has 3 aromatic rings. The van der Waals surface area contributed by atoms with Crippen molar-refractivity contribution in [1.29, 1.82) is 0 Å². The topological polar surface area (TPSA) is 86.8 Å². The predicted octanol–water partition coefficient (Wildman–Crippen LogP) is 6.33. The molecule has 0 spiro atoms. The highest BCUT2D eigenvalue weighted by atomic mass is 35.5. The summed E-state index contributed by atoms with van der Waals surface area (Å²) in [5, 5.41) is 3.58. The maximum atomic E-state index is 14.2. The quantitative estimate of drug-likeness (QED) is 0.291. The van der Waals surface area contributed by atoms with Crippen LogP contribution in [0.1, 0.15) is 61.3 Å². The third kappa shape index (κ3) is 7.72. The Bertz CT molecular complexity index is 1500. The third-order valence-corrected chi connectivity index (χ3v) is 9.96. The highest BCUT2D eigenvalue weighted by Gasteiger charge is 2.33. The van der Waals surface area contributed by atoms with Crippen molar-refractivity contribution in [1.82, 2.24) is 10.2 Å². The molecule has 0 bridgehead atoms. The molecule has 9 heteroatoms. The molecule has 224 valence electrons. The highest BCUT2D eigenvalue weighted by molar-refractivity contribution is 7.92. The van der Waals surface area contributed by atoms with Crippen molar-refractivity contribution in [2.24, 2.45) is 0 Å². The molecule has 1 fully saturated rings. The van der Waals surface area contributed by atoms with Crippen LogP contribution in [-0.2, 0) is 26.2 Å². The summed E-state index contributed by atoms with van der Waals surface area (Å²) in [4.78, 5) is 29.2. The van der Waals surface area contributed by atoms with Crippen molar-refractivity contribution in [2.75, 3.05) is 10.8 Å². The predicted molar refractivity (Wildman–Crippen MR) is 168 cm³/mol. The van der Waals surface area contributed by atoms with Crippen molar-refractivity contribution >= 4 is 39.1 Å². The molecule has 1 aliphatic carbocycles. The van der Waals surface area contributed by atoms with Crippen LogP contribution in [0, 0.1) is 20.8 Å². The van der Waals surface area contributed by atoms with Gasteiger partial charge in [0.1, 0.15) is 12.6 Å². The van der Waals surface area contributed by atoms with Gasteiger partial charge in [-0.25, -0.2) is 8.42 Å². The molecule has 0 radical (unpaired) electrons. The Labute approximate surface area is 254 Å². The van der Waals surface area contributed by atoms with Crippen LogP contribution >= 0.6 is 11.6 Å². The first-order valence-corrected chi connectivity index (χ1v) is 16.3. The van der Waals surface area contributed by atoms with E-state index in [1.807, 2.05) is 32.9 Å². The van der Waals surface area contributed by atoms with Gasteiger partial charge in [-0.15, -0.1) is 0 Å². The Kier molecular flexibility index (Phi) is 10.3. The molecule has 1 aliphatic rings. The summed E-state index contributed by atoms with van der Waals surface area (Å²) in [7, 11) is -4.12. The van der Waals surface area contributed by atoms with E-state index in [4.69, 9.17) is 11.6 Å². The van der Waals surface area contributed by atoms with Crippen LogP contribution in [-0.4, -0.2) is 43.8 Å². The van der Waals surface area contributed by atoms with Crippen LogP contribution in [0.3, 0.4) is 0 Å². The Morgan fingerprint density at radius 3 is 2.14 bits per heavy atom. The number of sulfonamides is 1. The Balaban J connectivity index is 1.71. The molecular weight excluding hydrogens is 570 g/mol. The maximum Gasteiger partial charge on any atom is 0.264 e. The smallest absolute Gasteiger partial charge is 0.264 e. The lowest BCUT2D eigenvalue weighted by Crippen LogP contribution is -2.53. The van der Waals surface area contributed by atoms with Crippen molar-refractivity contribution in [2.45, 2.75) is 83.3 Å². The lowest BCUT2D eigenvalue weighted by atomic mass is 9.95. The molecule has 42 heavy (non-hydrogen) atoms. The number of halogens is 1. The number of benzene rings is 3. The van der Waals surface area contributed by atoms with Crippen LogP contribution < -0.4 is 9.62 Å². The molecule has 4 rings (SSSR count). The van der Waals surface area contributed by atoms with E-state index in [0.29, 0.717) is 16.3 Å². The van der Waals surface area contributed by atoms with E-state index in [0.717, 1.165) is 53.1 Å². The lowest BCUT2D eigenvalue weighted by molar-refractivity contribution is -0.139. The summed E-state index contributed by atoms with van der Waals surface area (Å²) in [5.41, 5.74) is 3.72. The van der Waals surface area contributed by atoms with Crippen LogP contribution in [0.5, 0.6) is 0 Å². The summed E-state index contributed by atoms with van der Waals surface area (Å²) in [6.45, 7) is 6.91. The molecule has 7 nitrogen and oxygen atoms in total. The number of amides is 2. The normalized spacial score (nSPS) is 14.7. The number of carbonyl (C=O) groups is 2. The molecule has 0 aromatic heterocycles. The van der Waals surface area contributed by atoms with Gasteiger partial charge in [0.15, 0.2) is 0 Å². The van der Waals surface area contributed by atoms with Gasteiger partial charge in [-0.05, 0) is 87.6 Å². The molecular formula is C33H40ClN3O4S. The fourth-order valence-corrected chi connectivity index (χ4v) is 7.02. The van der Waals surface area contributed by atoms with Crippen molar-refractivity contribution in [3.63, 3.8) is 0 Å². The second kappa shape index (κ2) is 13.7. The number of nitrogens with zero attached hydrogens (tertiary/aromatic N) is 2. The molecule has 0 saturated heterocycles. The molecule has 1 atom stereocenters. The lowest BCUT2D eigenvalue weighted by Gasteiger charge is -2.33. The maximum absolute atomic E-state index is 14.2. The van der Waals surface area contributed by atoms with Gasteiger partial charge in [-0.1, -0.05) is 72.8 Å². The van der Waals surface area contributed by atoms with Gasteiger partial charge in [-0.2, -0.15) is 0 Å². The van der Waals surface area contributed by atoms with Crippen LogP contribution in [0.15, 0.2) is 71.6 Å². The van der Waals surface area contributed by atoms with E-state index in [2.05, 4.69) is 5.32 Å². The number of aryl methyl sites for hydroxylation is 3. The molecule has 1 N–H and O–H groups in total. The second-order valence-corrected chi connectivity index (χ2v) is 13.6. The standard InChI is InChI=1S/C33H40ClN3O4S/c1-23-14-16-30(17-15-23)42(40,41)37(29-19-24(2)18-25(3)20-29)22-32(38)36(21-27-10-8-9-13-31(27)34)26(4)33(39)35-28-11-6-5-7-12-28/h8-10,13-20,26,28H,5-7,11-12,21-22H2,1-4H3,(H,35,39). The molecule has 1 unspecified atom stereocenters. The summed E-state index contributed by atoms with van der Waals surface area (Å²) < 4.78 is 29.3. The van der Waals surface area contributed by atoms with Gasteiger partial charge in [-0.3, -0.25) is 13.9 Å². The molecule has 1 saturated carbocycles. The minimum Gasteiger partial charge on any atom is -0.352 e. The van der Waals surface area contributed by atoms with E-state index in [9.17, 15) is 18.0 Å². The minimum absolute atomic E-state index is 0.0586. The van der Waals surface area contributed by atoms with Crippen LogP contribution in [0.2, 0.25) is 5.02 Å². The van der Waals surface area contributed by atoms with E-state index >= 15 is 0 Å². The average Bonchev–Trinajstić information content (AvgIpc) is 2.95. The number of hydrogen-bond donors (Lipinski definition) is 1. The number of nitrogens with one attached hydrogen (secondary N) is 1. The van der Waals surface area contributed by atoms with Gasteiger partial charge in [0, 0.05) is 17.6 Å². The van der Waals surface area contributed by atoms with Crippen molar-refractivity contribution in [3.05, 3.63) is 94.0 Å². The number of rotatable bonds is 10. The largest absolute Gasteiger partial charge is 0.352 e. The fourth-order valence-electron chi connectivity index (χ4n) is 5.42. The summed E-state index contributed by atoms with van der Waals surface area (Å²) >= 11 is 6.47. The number of hydrogen-bond acceptors (Lipinski definition) is 4. The average molecular weight is 610 g/mol. The van der Waals surface area contributed by atoms with Gasteiger partial charge in [0.05, 0.1) is 10.6 Å². The molecule has 0 heterocycles. The van der Waals surface area contributed by atoms with Crippen molar-refractivity contribution in [3.8, 4) is 0 Å². The fraction of sp³-hybridized carbons (Fsp3) is 0.394. The second-order valence-electron chi connectivity index (χ2n) is 11.3. The monoisotopic (exact) mass is 609 g/mol.